The van der Waals surface area contributed by atoms with Gasteiger partial charge < -0.3 is 19.8 Å². The molecule has 0 saturated carbocycles. The summed E-state index contributed by atoms with van der Waals surface area (Å²) in [6.07, 6.45) is -2.46. The molecule has 0 saturated heterocycles. The van der Waals surface area contributed by atoms with Crippen LogP contribution in [0.15, 0.2) is 30.5 Å². The summed E-state index contributed by atoms with van der Waals surface area (Å²) in [6, 6.07) is 5.85. The Balaban J connectivity index is 0.000000458. The number of alkyl carbamates (subject to hydrolysis) is 1. The molecule has 0 aliphatic heterocycles. The fraction of sp³-hybridized carbons (Fsp3) is 0.519. The van der Waals surface area contributed by atoms with Crippen LogP contribution in [0.25, 0.3) is 22.3 Å². The lowest BCUT2D eigenvalue weighted by Gasteiger charge is -2.19. The number of carbonyl (C=O) groups is 1. The number of imidazole rings is 1. The number of hydrogen-bond donors (Lipinski definition) is 2. The van der Waals surface area contributed by atoms with Crippen LogP contribution in [0.3, 0.4) is 0 Å². The van der Waals surface area contributed by atoms with Crippen molar-refractivity contribution in [1.29, 1.82) is 0 Å². The number of rotatable bonds is 6. The molecular weight excluding hydrogens is 485 g/mol. The van der Waals surface area contributed by atoms with E-state index in [1.165, 1.54) is 13.1 Å². The van der Waals surface area contributed by atoms with Gasteiger partial charge in [-0.2, -0.15) is 13.2 Å². The maximum absolute atomic E-state index is 13.7. The van der Waals surface area contributed by atoms with E-state index in [-0.39, 0.29) is 30.0 Å². The summed E-state index contributed by atoms with van der Waals surface area (Å²) in [5.41, 5.74) is 0.989. The Kier molecular flexibility index (Phi) is 9.94. The van der Waals surface area contributed by atoms with Crippen molar-refractivity contribution in [2.45, 2.75) is 66.7 Å². The van der Waals surface area contributed by atoms with Crippen molar-refractivity contribution in [1.82, 2.24) is 20.3 Å². The lowest BCUT2D eigenvalue weighted by molar-refractivity contribution is -0.139. The predicted molar refractivity (Wildman–Crippen MR) is 138 cm³/mol. The van der Waals surface area contributed by atoms with Gasteiger partial charge in [-0.15, -0.1) is 0 Å². The van der Waals surface area contributed by atoms with E-state index in [0.717, 1.165) is 12.5 Å². The summed E-state index contributed by atoms with van der Waals surface area (Å²) in [5, 5.41) is 2.36. The molecular formula is C27H37F3N4O3. The third kappa shape index (κ3) is 9.26. The number of ether oxygens (including phenoxy) is 2. The SMILES string of the molecule is CNC(=O)OC(C)(C)C.Cc1nc2nccc(-c3ccc(OCC(C)CC(C)C)c(C(F)(F)F)c3)c2[nH]1. The molecule has 37 heavy (non-hydrogen) atoms. The van der Waals surface area contributed by atoms with Gasteiger partial charge in [-0.1, -0.05) is 26.8 Å². The molecule has 1 unspecified atom stereocenters. The molecule has 1 aromatic carbocycles. The summed E-state index contributed by atoms with van der Waals surface area (Å²) >= 11 is 0. The fourth-order valence-electron chi connectivity index (χ4n) is 3.75. The lowest BCUT2D eigenvalue weighted by Crippen LogP contribution is -2.30. The Labute approximate surface area is 216 Å². The standard InChI is InChI=1S/C21H24F3N3O.C6H13NO2/c1-12(2)9-13(3)11-28-18-6-5-15(10-17(18)21(22,23)24)16-7-8-25-20-19(16)26-14(4)27-20;1-6(2,3)9-5(8)7-4/h5-8,10,12-13H,9,11H2,1-4H3,(H,25,26,27);1-4H3,(H,7,8). The molecule has 1 amide bonds. The highest BCUT2D eigenvalue weighted by Crippen LogP contribution is 2.40. The average Bonchev–Trinajstić information content (AvgIpc) is 3.16. The van der Waals surface area contributed by atoms with Crippen molar-refractivity contribution in [3.8, 4) is 16.9 Å². The predicted octanol–water partition coefficient (Wildman–Crippen LogP) is 7.15. The average molecular weight is 523 g/mol. The highest BCUT2D eigenvalue weighted by atomic mass is 19.4. The molecule has 0 aliphatic carbocycles. The van der Waals surface area contributed by atoms with Gasteiger partial charge in [0.05, 0.1) is 17.7 Å². The van der Waals surface area contributed by atoms with Gasteiger partial charge in [-0.3, -0.25) is 0 Å². The number of halogens is 3. The van der Waals surface area contributed by atoms with Crippen LogP contribution in [0.5, 0.6) is 5.75 Å². The first-order valence-corrected chi connectivity index (χ1v) is 12.2. The number of amides is 1. The number of pyridine rings is 1. The third-order valence-corrected chi connectivity index (χ3v) is 5.11. The molecule has 0 spiro atoms. The van der Waals surface area contributed by atoms with Crippen molar-refractivity contribution in [3.63, 3.8) is 0 Å². The number of nitrogens with one attached hydrogen (secondary N) is 2. The second kappa shape index (κ2) is 12.3. The van der Waals surface area contributed by atoms with Crippen molar-refractivity contribution < 1.29 is 27.4 Å². The molecule has 2 aromatic heterocycles. The number of H-pyrrole nitrogens is 1. The van der Waals surface area contributed by atoms with Crippen LogP contribution < -0.4 is 10.1 Å². The van der Waals surface area contributed by atoms with Crippen LogP contribution >= 0.6 is 0 Å². The number of carbonyl (C=O) groups excluding carboxylic acids is 1. The molecule has 0 fully saturated rings. The van der Waals surface area contributed by atoms with Crippen LogP contribution in [-0.4, -0.2) is 40.3 Å². The Morgan fingerprint density at radius 2 is 1.81 bits per heavy atom. The molecule has 7 nitrogen and oxygen atoms in total. The summed E-state index contributed by atoms with van der Waals surface area (Å²) < 4.78 is 51.4. The van der Waals surface area contributed by atoms with Crippen LogP contribution in [0.2, 0.25) is 0 Å². The lowest BCUT2D eigenvalue weighted by atomic mass is 9.99. The minimum atomic E-state index is -4.51. The van der Waals surface area contributed by atoms with E-state index < -0.39 is 11.7 Å². The van der Waals surface area contributed by atoms with Crippen molar-refractivity contribution >= 4 is 17.3 Å². The largest absolute Gasteiger partial charge is 0.493 e. The number of aryl methyl sites for hydroxylation is 1. The van der Waals surface area contributed by atoms with Crippen LogP contribution in [0.1, 0.15) is 59.4 Å². The maximum atomic E-state index is 13.7. The third-order valence-electron chi connectivity index (χ3n) is 5.11. The topological polar surface area (TPSA) is 89.1 Å². The summed E-state index contributed by atoms with van der Waals surface area (Å²) in [4.78, 5) is 22.0. The second-order valence-corrected chi connectivity index (χ2v) is 10.4. The number of fused-ring (bicyclic) bond motifs is 1. The van der Waals surface area contributed by atoms with Gasteiger partial charge >= 0.3 is 12.3 Å². The molecule has 10 heteroatoms. The number of alkyl halides is 3. The van der Waals surface area contributed by atoms with Gasteiger partial charge in [0.1, 0.15) is 17.2 Å². The van der Waals surface area contributed by atoms with E-state index in [0.29, 0.717) is 34.0 Å². The molecule has 0 radical (unpaired) electrons. The Hall–Kier alpha value is -3.30. The van der Waals surface area contributed by atoms with E-state index >= 15 is 0 Å². The van der Waals surface area contributed by atoms with E-state index in [1.807, 2.05) is 27.7 Å². The van der Waals surface area contributed by atoms with E-state index in [1.54, 1.807) is 25.3 Å². The zero-order valence-corrected chi connectivity index (χ0v) is 22.7. The second-order valence-electron chi connectivity index (χ2n) is 10.4. The fourth-order valence-corrected chi connectivity index (χ4v) is 3.75. The number of aromatic amines is 1. The van der Waals surface area contributed by atoms with E-state index in [2.05, 4.69) is 34.1 Å². The summed E-state index contributed by atoms with van der Waals surface area (Å²) in [7, 11) is 1.54. The molecule has 0 aliphatic rings. The molecule has 3 rings (SSSR count). The first-order chi connectivity index (χ1) is 17.1. The number of nitrogens with zero attached hydrogens (tertiary/aromatic N) is 2. The number of aromatic nitrogens is 3. The Morgan fingerprint density at radius 3 is 2.35 bits per heavy atom. The zero-order chi connectivity index (χ0) is 28.0. The molecule has 2 N–H and O–H groups in total. The van der Waals surface area contributed by atoms with E-state index in [4.69, 9.17) is 9.47 Å². The van der Waals surface area contributed by atoms with E-state index in [9.17, 15) is 18.0 Å². The number of benzene rings is 1. The molecule has 0 bridgehead atoms. The molecule has 2 heterocycles. The minimum absolute atomic E-state index is 0.141. The van der Waals surface area contributed by atoms with Crippen LogP contribution in [0, 0.1) is 18.8 Å². The summed E-state index contributed by atoms with van der Waals surface area (Å²) in [5.74, 6) is 1.16. The Morgan fingerprint density at radius 1 is 1.14 bits per heavy atom. The zero-order valence-electron chi connectivity index (χ0n) is 22.7. The molecule has 204 valence electrons. The van der Waals surface area contributed by atoms with Gasteiger partial charge in [0.15, 0.2) is 5.65 Å². The molecule has 3 aromatic rings. The van der Waals surface area contributed by atoms with Crippen LogP contribution in [-0.2, 0) is 10.9 Å². The Bertz CT molecular complexity index is 1180. The maximum Gasteiger partial charge on any atom is 0.419 e. The summed E-state index contributed by atoms with van der Waals surface area (Å²) in [6.45, 7) is 13.6. The highest BCUT2D eigenvalue weighted by Gasteiger charge is 2.35. The van der Waals surface area contributed by atoms with Gasteiger partial charge in [-0.25, -0.2) is 14.8 Å². The van der Waals surface area contributed by atoms with Gasteiger partial charge in [0.2, 0.25) is 0 Å². The quantitative estimate of drug-likeness (QED) is 0.359. The smallest absolute Gasteiger partial charge is 0.419 e. The first kappa shape index (κ1) is 29.9. The van der Waals surface area contributed by atoms with Gasteiger partial charge in [-0.05, 0) is 69.7 Å². The van der Waals surface area contributed by atoms with Gasteiger partial charge in [0, 0.05) is 18.8 Å². The normalized spacial score (nSPS) is 12.6. The molecule has 1 atom stereocenters. The van der Waals surface area contributed by atoms with Crippen molar-refractivity contribution in [2.24, 2.45) is 11.8 Å². The van der Waals surface area contributed by atoms with Crippen LogP contribution in [0.4, 0.5) is 18.0 Å². The monoisotopic (exact) mass is 522 g/mol. The first-order valence-electron chi connectivity index (χ1n) is 12.2. The minimum Gasteiger partial charge on any atom is -0.493 e. The van der Waals surface area contributed by atoms with Crippen molar-refractivity contribution in [2.75, 3.05) is 13.7 Å². The van der Waals surface area contributed by atoms with Crippen molar-refractivity contribution in [3.05, 3.63) is 41.9 Å². The van der Waals surface area contributed by atoms with Gasteiger partial charge in [0.25, 0.3) is 0 Å². The number of hydrogen-bond acceptors (Lipinski definition) is 5. The highest BCUT2D eigenvalue weighted by molar-refractivity contribution is 5.90.